The van der Waals surface area contributed by atoms with Gasteiger partial charge in [0.15, 0.2) is 0 Å². The highest BCUT2D eigenvalue weighted by molar-refractivity contribution is 6.30. The first-order valence-electron chi connectivity index (χ1n) is 8.09. The molecule has 0 N–H and O–H groups in total. The van der Waals surface area contributed by atoms with Crippen LogP contribution in [0.15, 0.2) is 48.0 Å². The molecule has 27 heavy (non-hydrogen) atoms. The number of rotatable bonds is 4. The summed E-state index contributed by atoms with van der Waals surface area (Å²) in [5.74, 6) is -2.79. The second-order valence-electron chi connectivity index (χ2n) is 6.31. The van der Waals surface area contributed by atoms with Gasteiger partial charge < -0.3 is 14.2 Å². The van der Waals surface area contributed by atoms with Gasteiger partial charge in [-0.25, -0.2) is 14.0 Å². The minimum absolute atomic E-state index is 0.0144. The van der Waals surface area contributed by atoms with Crippen LogP contribution in [-0.2, 0) is 25.7 Å². The van der Waals surface area contributed by atoms with E-state index >= 15 is 0 Å². The van der Waals surface area contributed by atoms with Crippen LogP contribution in [0.4, 0.5) is 4.39 Å². The number of carbonyl (C=O) groups is 2. The Morgan fingerprint density at radius 3 is 2.33 bits per heavy atom. The Morgan fingerprint density at radius 1 is 1.07 bits per heavy atom. The van der Waals surface area contributed by atoms with Crippen molar-refractivity contribution in [3.05, 3.63) is 70.0 Å². The fourth-order valence-corrected chi connectivity index (χ4v) is 2.62. The van der Waals surface area contributed by atoms with Crippen molar-refractivity contribution in [2.24, 2.45) is 0 Å². The van der Waals surface area contributed by atoms with Crippen molar-refractivity contribution in [3.8, 4) is 5.75 Å². The lowest BCUT2D eigenvalue weighted by atomic mass is 10.1. The summed E-state index contributed by atoms with van der Waals surface area (Å²) in [7, 11) is 0. The van der Waals surface area contributed by atoms with Crippen LogP contribution >= 0.6 is 11.6 Å². The van der Waals surface area contributed by atoms with Gasteiger partial charge in [-0.2, -0.15) is 0 Å². The van der Waals surface area contributed by atoms with Gasteiger partial charge in [-0.3, -0.25) is 0 Å². The maximum absolute atomic E-state index is 13.8. The maximum Gasteiger partial charge on any atom is 0.348 e. The lowest BCUT2D eigenvalue weighted by Gasteiger charge is -2.29. The average Bonchev–Trinajstić information content (AvgIpc) is 2.60. The van der Waals surface area contributed by atoms with E-state index in [1.54, 1.807) is 36.4 Å². The van der Waals surface area contributed by atoms with Crippen LogP contribution in [0.1, 0.15) is 25.0 Å². The van der Waals surface area contributed by atoms with Gasteiger partial charge in [0.05, 0.1) is 5.02 Å². The van der Waals surface area contributed by atoms with Crippen LogP contribution in [-0.4, -0.2) is 17.7 Å². The molecule has 5 nitrogen and oxygen atoms in total. The molecule has 1 saturated heterocycles. The highest BCUT2D eigenvalue weighted by Crippen LogP contribution is 2.25. The highest BCUT2D eigenvalue weighted by atomic mass is 35.5. The third kappa shape index (κ3) is 4.46. The summed E-state index contributed by atoms with van der Waals surface area (Å²) in [6, 6.07) is 11.3. The third-order valence-electron chi connectivity index (χ3n) is 3.73. The van der Waals surface area contributed by atoms with Crippen LogP contribution in [0.2, 0.25) is 5.02 Å². The lowest BCUT2D eigenvalue weighted by molar-refractivity contribution is -0.222. The van der Waals surface area contributed by atoms with Crippen LogP contribution in [0.5, 0.6) is 5.75 Å². The van der Waals surface area contributed by atoms with Gasteiger partial charge in [-0.15, -0.1) is 0 Å². The van der Waals surface area contributed by atoms with Gasteiger partial charge in [0, 0.05) is 19.4 Å². The Bertz CT molecular complexity index is 896. The minimum atomic E-state index is -1.28. The molecular formula is C20H16ClFO5. The van der Waals surface area contributed by atoms with E-state index < -0.39 is 23.5 Å². The normalized spacial score (nSPS) is 15.8. The van der Waals surface area contributed by atoms with E-state index in [1.165, 1.54) is 26.0 Å². The summed E-state index contributed by atoms with van der Waals surface area (Å²) in [6.07, 6.45) is 1.38. The fourth-order valence-electron chi connectivity index (χ4n) is 2.43. The molecule has 1 heterocycles. The Morgan fingerprint density at radius 2 is 1.70 bits per heavy atom. The highest BCUT2D eigenvalue weighted by Gasteiger charge is 2.38. The average molecular weight is 391 g/mol. The van der Waals surface area contributed by atoms with Crippen LogP contribution in [0.25, 0.3) is 6.08 Å². The third-order valence-corrected chi connectivity index (χ3v) is 4.03. The smallest absolute Gasteiger partial charge is 0.348 e. The molecule has 1 aliphatic rings. The van der Waals surface area contributed by atoms with Gasteiger partial charge in [-0.1, -0.05) is 35.9 Å². The van der Waals surface area contributed by atoms with E-state index in [9.17, 15) is 14.0 Å². The number of esters is 2. The predicted octanol–water partition coefficient (Wildman–Crippen LogP) is 4.28. The Hall–Kier alpha value is -2.86. The summed E-state index contributed by atoms with van der Waals surface area (Å²) in [4.78, 5) is 23.9. The van der Waals surface area contributed by atoms with E-state index in [1.807, 2.05) is 0 Å². The molecule has 0 unspecified atom stereocenters. The zero-order chi connectivity index (χ0) is 19.6. The van der Waals surface area contributed by atoms with Gasteiger partial charge in [0.1, 0.15) is 23.7 Å². The van der Waals surface area contributed by atoms with E-state index in [0.717, 1.165) is 0 Å². The number of hydrogen-bond acceptors (Lipinski definition) is 5. The predicted molar refractivity (Wildman–Crippen MR) is 96.4 cm³/mol. The second-order valence-corrected chi connectivity index (χ2v) is 6.71. The van der Waals surface area contributed by atoms with Crippen molar-refractivity contribution in [2.75, 3.05) is 0 Å². The topological polar surface area (TPSA) is 61.8 Å². The van der Waals surface area contributed by atoms with Gasteiger partial charge in [0.25, 0.3) is 5.79 Å². The molecule has 0 spiro atoms. The minimum Gasteiger partial charge on any atom is -0.489 e. The number of carbonyl (C=O) groups excluding carboxylic acids is 2. The molecule has 0 aliphatic carbocycles. The molecule has 2 aromatic rings. The standard InChI is InChI=1S/C20H16ClFO5/c1-20(2)26-18(23)15(19(24)27-20)10-12-6-8-14(9-7-12)25-11-13-4-3-5-16(21)17(13)22/h3-10H,11H2,1-2H3. The Kier molecular flexibility index (Phi) is 5.19. The monoisotopic (exact) mass is 390 g/mol. The summed E-state index contributed by atoms with van der Waals surface area (Å²) in [5.41, 5.74) is 0.730. The van der Waals surface area contributed by atoms with Crippen molar-refractivity contribution in [2.45, 2.75) is 26.2 Å². The van der Waals surface area contributed by atoms with Gasteiger partial charge in [0.2, 0.25) is 0 Å². The number of halogens is 2. The molecule has 2 aromatic carbocycles. The summed E-state index contributed by atoms with van der Waals surface area (Å²) >= 11 is 5.74. The number of cyclic esters (lactones) is 2. The molecule has 1 fully saturated rings. The summed E-state index contributed by atoms with van der Waals surface area (Å²) < 4.78 is 29.5. The van der Waals surface area contributed by atoms with Crippen molar-refractivity contribution in [1.82, 2.24) is 0 Å². The van der Waals surface area contributed by atoms with E-state index in [0.29, 0.717) is 16.9 Å². The second kappa shape index (κ2) is 7.40. The summed E-state index contributed by atoms with van der Waals surface area (Å²) in [5, 5.41) is 0.0347. The lowest BCUT2D eigenvalue weighted by Crippen LogP contribution is -2.41. The largest absolute Gasteiger partial charge is 0.489 e. The number of benzene rings is 2. The van der Waals surface area contributed by atoms with Crippen LogP contribution < -0.4 is 4.74 Å². The fraction of sp³-hybridized carbons (Fsp3) is 0.200. The molecule has 0 atom stereocenters. The molecule has 0 bridgehead atoms. The molecule has 0 amide bonds. The first kappa shape index (κ1) is 18.9. The summed E-state index contributed by atoms with van der Waals surface area (Å²) in [6.45, 7) is 2.98. The molecule has 140 valence electrons. The quantitative estimate of drug-likeness (QED) is 0.443. The van der Waals surface area contributed by atoms with Crippen molar-refractivity contribution in [3.63, 3.8) is 0 Å². The SMILES string of the molecule is CC1(C)OC(=O)C(=Cc2ccc(OCc3cccc(Cl)c3F)cc2)C(=O)O1. The molecule has 0 radical (unpaired) electrons. The molecule has 1 aliphatic heterocycles. The van der Waals surface area contributed by atoms with Crippen molar-refractivity contribution >= 4 is 29.6 Å². The molecule has 3 rings (SSSR count). The zero-order valence-corrected chi connectivity index (χ0v) is 15.4. The number of ether oxygens (including phenoxy) is 3. The first-order chi connectivity index (χ1) is 12.7. The van der Waals surface area contributed by atoms with E-state index in [2.05, 4.69) is 0 Å². The Labute approximate surface area is 160 Å². The molecule has 7 heteroatoms. The van der Waals surface area contributed by atoms with Crippen LogP contribution in [0, 0.1) is 5.82 Å². The van der Waals surface area contributed by atoms with Crippen LogP contribution in [0.3, 0.4) is 0 Å². The maximum atomic E-state index is 13.8. The molecule has 0 saturated carbocycles. The Balaban J connectivity index is 1.69. The first-order valence-corrected chi connectivity index (χ1v) is 8.47. The molecular weight excluding hydrogens is 375 g/mol. The number of hydrogen-bond donors (Lipinski definition) is 0. The van der Waals surface area contributed by atoms with Gasteiger partial charge >= 0.3 is 11.9 Å². The van der Waals surface area contributed by atoms with Gasteiger partial charge in [-0.05, 0) is 29.8 Å². The van der Waals surface area contributed by atoms with Crippen molar-refractivity contribution < 1.29 is 28.2 Å². The van der Waals surface area contributed by atoms with Crippen molar-refractivity contribution in [1.29, 1.82) is 0 Å². The van der Waals surface area contributed by atoms with E-state index in [4.69, 9.17) is 25.8 Å². The molecule has 0 aromatic heterocycles. The van der Waals surface area contributed by atoms with E-state index in [-0.39, 0.29) is 17.2 Å². The zero-order valence-electron chi connectivity index (χ0n) is 14.6.